The van der Waals surface area contributed by atoms with Crippen molar-refractivity contribution in [3.05, 3.63) is 11.9 Å². The van der Waals surface area contributed by atoms with Crippen molar-refractivity contribution in [2.75, 3.05) is 5.73 Å². The zero-order valence-electron chi connectivity index (χ0n) is 11.0. The van der Waals surface area contributed by atoms with Crippen LogP contribution in [0.1, 0.15) is 57.2 Å². The van der Waals surface area contributed by atoms with E-state index in [9.17, 15) is 0 Å². The van der Waals surface area contributed by atoms with E-state index in [1.54, 1.807) is 0 Å². The molecule has 4 heteroatoms. The number of fused-ring (bicyclic) bond motifs is 1. The Hall–Kier alpha value is -1.45. The second kappa shape index (κ2) is 4.67. The quantitative estimate of drug-likeness (QED) is 0.900. The van der Waals surface area contributed by atoms with Gasteiger partial charge in [0.25, 0.3) is 0 Å². The molecule has 98 valence electrons. The van der Waals surface area contributed by atoms with Gasteiger partial charge >= 0.3 is 0 Å². The third-order valence-electron chi connectivity index (χ3n) is 3.91. The molecule has 0 aromatic carbocycles. The summed E-state index contributed by atoms with van der Waals surface area (Å²) in [5.41, 5.74) is 7.48. The first-order chi connectivity index (χ1) is 8.79. The molecule has 0 unspecified atom stereocenters. The minimum Gasteiger partial charge on any atom is -0.421 e. The largest absolute Gasteiger partial charge is 0.421 e. The van der Waals surface area contributed by atoms with Crippen molar-refractivity contribution in [3.63, 3.8) is 0 Å². The minimum absolute atomic E-state index is 0.465. The van der Waals surface area contributed by atoms with E-state index in [4.69, 9.17) is 15.1 Å². The van der Waals surface area contributed by atoms with E-state index >= 15 is 0 Å². The van der Waals surface area contributed by atoms with Gasteiger partial charge < -0.3 is 14.7 Å². The van der Waals surface area contributed by atoms with E-state index in [-0.39, 0.29) is 0 Å². The molecule has 1 aliphatic rings. The van der Waals surface area contributed by atoms with Gasteiger partial charge in [0.05, 0.1) is 0 Å². The monoisotopic (exact) mass is 247 g/mol. The highest BCUT2D eigenvalue weighted by Crippen LogP contribution is 2.35. The lowest BCUT2D eigenvalue weighted by Gasteiger charge is -2.22. The topological polar surface area (TPSA) is 57.0 Å². The Bertz CT molecular complexity index is 534. The number of furan rings is 1. The van der Waals surface area contributed by atoms with Crippen molar-refractivity contribution in [2.24, 2.45) is 0 Å². The number of anilines is 1. The van der Waals surface area contributed by atoms with Crippen LogP contribution in [0.4, 0.5) is 5.88 Å². The summed E-state index contributed by atoms with van der Waals surface area (Å²) in [5, 5.41) is 0. The van der Waals surface area contributed by atoms with Crippen molar-refractivity contribution >= 4 is 17.1 Å². The Labute approximate surface area is 107 Å². The highest BCUT2D eigenvalue weighted by Gasteiger charge is 2.23. The van der Waals surface area contributed by atoms with Gasteiger partial charge in [0, 0.05) is 18.5 Å². The van der Waals surface area contributed by atoms with Gasteiger partial charge in [-0.15, -0.1) is 0 Å². The van der Waals surface area contributed by atoms with Gasteiger partial charge in [0.2, 0.25) is 5.71 Å². The molecular weight excluding hydrogens is 226 g/mol. The van der Waals surface area contributed by atoms with Crippen molar-refractivity contribution in [1.82, 2.24) is 9.55 Å². The van der Waals surface area contributed by atoms with Crippen LogP contribution in [0.3, 0.4) is 0 Å². The maximum atomic E-state index is 5.71. The molecule has 0 aliphatic heterocycles. The molecule has 2 aromatic rings. The van der Waals surface area contributed by atoms with Crippen LogP contribution in [0.25, 0.3) is 11.2 Å². The van der Waals surface area contributed by atoms with Crippen LogP contribution in [0.2, 0.25) is 0 Å². The van der Waals surface area contributed by atoms with Gasteiger partial charge in [-0.05, 0) is 19.3 Å². The summed E-state index contributed by atoms with van der Waals surface area (Å²) < 4.78 is 7.78. The highest BCUT2D eigenvalue weighted by molar-refractivity contribution is 5.74. The van der Waals surface area contributed by atoms with Crippen LogP contribution in [-0.4, -0.2) is 9.55 Å². The van der Waals surface area contributed by atoms with Crippen LogP contribution in [0.5, 0.6) is 0 Å². The summed E-state index contributed by atoms with van der Waals surface area (Å²) in [4.78, 5) is 4.69. The van der Waals surface area contributed by atoms with Crippen molar-refractivity contribution in [3.8, 4) is 0 Å². The SMILES string of the molecule is CCCn1c(C2CCCCC2)nc2oc(N)cc21. The van der Waals surface area contributed by atoms with Crippen LogP contribution in [0.15, 0.2) is 10.5 Å². The molecule has 0 radical (unpaired) electrons. The van der Waals surface area contributed by atoms with Gasteiger partial charge in [-0.1, -0.05) is 26.2 Å². The number of nitrogen functional groups attached to an aromatic ring is 1. The fourth-order valence-electron chi connectivity index (χ4n) is 3.08. The Kier molecular flexibility index (Phi) is 3.02. The number of aryl methyl sites for hydroxylation is 1. The Balaban J connectivity index is 2.03. The van der Waals surface area contributed by atoms with E-state index in [1.807, 2.05) is 6.07 Å². The van der Waals surface area contributed by atoms with E-state index in [0.29, 0.717) is 17.5 Å². The summed E-state index contributed by atoms with van der Waals surface area (Å²) >= 11 is 0. The third-order valence-corrected chi connectivity index (χ3v) is 3.91. The predicted octanol–water partition coefficient (Wildman–Crippen LogP) is 3.67. The van der Waals surface area contributed by atoms with Crippen LogP contribution in [0, 0.1) is 0 Å². The van der Waals surface area contributed by atoms with Crippen LogP contribution >= 0.6 is 0 Å². The molecule has 3 rings (SSSR count). The Morgan fingerprint density at radius 1 is 1.39 bits per heavy atom. The van der Waals surface area contributed by atoms with Crippen molar-refractivity contribution in [2.45, 2.75) is 57.9 Å². The van der Waals surface area contributed by atoms with Crippen molar-refractivity contribution in [1.29, 1.82) is 0 Å². The Morgan fingerprint density at radius 3 is 2.89 bits per heavy atom. The molecule has 2 heterocycles. The summed E-state index contributed by atoms with van der Waals surface area (Å²) in [6, 6.07) is 1.91. The average molecular weight is 247 g/mol. The number of rotatable bonds is 3. The van der Waals surface area contributed by atoms with Crippen LogP contribution in [-0.2, 0) is 6.54 Å². The fourth-order valence-corrected chi connectivity index (χ4v) is 3.08. The molecular formula is C14H21N3O. The first-order valence-corrected chi connectivity index (χ1v) is 7.05. The average Bonchev–Trinajstić information content (AvgIpc) is 2.89. The fraction of sp³-hybridized carbons (Fsp3) is 0.643. The Morgan fingerprint density at radius 2 is 2.17 bits per heavy atom. The second-order valence-electron chi connectivity index (χ2n) is 5.30. The molecule has 0 bridgehead atoms. The lowest BCUT2D eigenvalue weighted by Crippen LogP contribution is -2.12. The smallest absolute Gasteiger partial charge is 0.247 e. The van der Waals surface area contributed by atoms with E-state index < -0.39 is 0 Å². The molecule has 0 amide bonds. The highest BCUT2D eigenvalue weighted by atomic mass is 16.4. The minimum atomic E-state index is 0.465. The van der Waals surface area contributed by atoms with E-state index in [1.165, 1.54) is 37.9 Å². The summed E-state index contributed by atoms with van der Waals surface area (Å²) in [6.07, 6.45) is 7.65. The van der Waals surface area contributed by atoms with E-state index in [0.717, 1.165) is 18.5 Å². The van der Waals surface area contributed by atoms with Gasteiger partial charge in [-0.3, -0.25) is 0 Å². The zero-order chi connectivity index (χ0) is 12.5. The molecule has 1 aliphatic carbocycles. The van der Waals surface area contributed by atoms with Crippen molar-refractivity contribution < 1.29 is 4.42 Å². The first-order valence-electron chi connectivity index (χ1n) is 7.05. The lowest BCUT2D eigenvalue weighted by molar-refractivity contribution is 0.415. The molecule has 1 fully saturated rings. The zero-order valence-corrected chi connectivity index (χ0v) is 11.0. The molecule has 0 saturated heterocycles. The van der Waals surface area contributed by atoms with Gasteiger partial charge in [0.15, 0.2) is 5.88 Å². The third kappa shape index (κ3) is 1.89. The van der Waals surface area contributed by atoms with Gasteiger partial charge in [-0.25, -0.2) is 0 Å². The number of nitrogens with zero attached hydrogens (tertiary/aromatic N) is 2. The first kappa shape index (κ1) is 11.6. The number of aromatic nitrogens is 2. The molecule has 18 heavy (non-hydrogen) atoms. The normalized spacial score (nSPS) is 17.6. The van der Waals surface area contributed by atoms with Gasteiger partial charge in [0.1, 0.15) is 11.3 Å². The predicted molar refractivity (Wildman–Crippen MR) is 72.5 cm³/mol. The van der Waals surface area contributed by atoms with E-state index in [2.05, 4.69) is 11.5 Å². The molecule has 0 atom stereocenters. The molecule has 2 N–H and O–H groups in total. The maximum Gasteiger partial charge on any atom is 0.247 e. The molecule has 0 spiro atoms. The number of hydrogen-bond donors (Lipinski definition) is 1. The summed E-state index contributed by atoms with van der Waals surface area (Å²) in [6.45, 7) is 3.20. The second-order valence-corrected chi connectivity index (χ2v) is 5.30. The van der Waals surface area contributed by atoms with Gasteiger partial charge in [-0.2, -0.15) is 4.98 Å². The number of imidazole rings is 1. The number of hydrogen-bond acceptors (Lipinski definition) is 3. The number of nitrogens with two attached hydrogens (primary N) is 1. The molecule has 4 nitrogen and oxygen atoms in total. The lowest BCUT2D eigenvalue weighted by atomic mass is 9.88. The maximum absolute atomic E-state index is 5.71. The summed E-state index contributed by atoms with van der Waals surface area (Å²) in [7, 11) is 0. The van der Waals surface area contributed by atoms with Crippen LogP contribution < -0.4 is 5.73 Å². The summed E-state index contributed by atoms with van der Waals surface area (Å²) in [5.74, 6) is 2.28. The molecule has 2 aromatic heterocycles. The molecule has 1 saturated carbocycles. The standard InChI is InChI=1S/C14H21N3O/c1-2-8-17-11-9-12(15)18-14(11)16-13(17)10-6-4-3-5-7-10/h9-10H,2-8,15H2,1H3.